The predicted octanol–water partition coefficient (Wildman–Crippen LogP) is 2.73. The zero-order valence-corrected chi connectivity index (χ0v) is 14.6. The molecule has 0 aliphatic carbocycles. The molecule has 0 amide bonds. The van der Waals surface area contributed by atoms with Crippen LogP contribution in [-0.2, 0) is 17.7 Å². The van der Waals surface area contributed by atoms with Gasteiger partial charge in [0.15, 0.2) is 0 Å². The summed E-state index contributed by atoms with van der Waals surface area (Å²) in [5, 5.41) is 0. The highest BCUT2D eigenvalue weighted by Gasteiger charge is 2.20. The van der Waals surface area contributed by atoms with Crippen LogP contribution >= 0.6 is 0 Å². The van der Waals surface area contributed by atoms with Gasteiger partial charge in [-0.15, -0.1) is 0 Å². The van der Waals surface area contributed by atoms with Gasteiger partial charge < -0.3 is 9.14 Å². The van der Waals surface area contributed by atoms with Crippen LogP contribution < -0.4 is 0 Å². The van der Waals surface area contributed by atoms with Gasteiger partial charge in [0.2, 0.25) is 0 Å². The van der Waals surface area contributed by atoms with Gasteiger partial charge in [-0.3, -0.25) is 14.9 Å². The number of fused-ring (bicyclic) bond motifs is 1. The van der Waals surface area contributed by atoms with Gasteiger partial charge in [-0.05, 0) is 37.1 Å². The number of pyridine rings is 1. The molecular weight excluding hydrogens is 312 g/mol. The third-order valence-electron chi connectivity index (χ3n) is 4.81. The van der Waals surface area contributed by atoms with E-state index in [1.165, 1.54) is 11.1 Å². The van der Waals surface area contributed by atoms with E-state index in [-0.39, 0.29) is 0 Å². The number of aryl methyl sites for hydroxylation is 1. The lowest BCUT2D eigenvalue weighted by Gasteiger charge is -2.23. The topological polar surface area (TPSA) is 42.7 Å². The smallest absolute Gasteiger partial charge is 0.0666 e. The Labute approximate surface area is 148 Å². The van der Waals surface area contributed by atoms with Crippen molar-refractivity contribution >= 4 is 5.52 Å². The summed E-state index contributed by atoms with van der Waals surface area (Å²) in [6, 6.07) is 8.46. The van der Waals surface area contributed by atoms with E-state index in [1.54, 1.807) is 0 Å². The molecule has 3 aromatic heterocycles. The first kappa shape index (κ1) is 16.2. The molecule has 25 heavy (non-hydrogen) atoms. The maximum atomic E-state index is 5.87. The highest BCUT2D eigenvalue weighted by Crippen LogP contribution is 2.18. The SMILES string of the molecule is Cc1ccc(CN2CCOCC(Cc3nccn4cccc34)C2)cn1. The summed E-state index contributed by atoms with van der Waals surface area (Å²) >= 11 is 0. The molecule has 130 valence electrons. The molecule has 1 aliphatic rings. The fraction of sp³-hybridized carbons (Fsp3) is 0.400. The lowest BCUT2D eigenvalue weighted by molar-refractivity contribution is 0.121. The zero-order valence-electron chi connectivity index (χ0n) is 14.6. The highest BCUT2D eigenvalue weighted by molar-refractivity contribution is 5.52. The van der Waals surface area contributed by atoms with Crippen molar-refractivity contribution < 1.29 is 4.74 Å². The average molecular weight is 336 g/mol. The maximum Gasteiger partial charge on any atom is 0.0666 e. The van der Waals surface area contributed by atoms with Gasteiger partial charge in [0, 0.05) is 56.0 Å². The predicted molar refractivity (Wildman–Crippen MR) is 97.5 cm³/mol. The Kier molecular flexibility index (Phi) is 4.76. The Hall–Kier alpha value is -2.24. The highest BCUT2D eigenvalue weighted by atomic mass is 16.5. The fourth-order valence-corrected chi connectivity index (χ4v) is 3.53. The maximum absolute atomic E-state index is 5.87. The van der Waals surface area contributed by atoms with Gasteiger partial charge in [0.1, 0.15) is 0 Å². The quantitative estimate of drug-likeness (QED) is 0.735. The van der Waals surface area contributed by atoms with E-state index in [2.05, 4.69) is 49.7 Å². The number of nitrogens with zero attached hydrogens (tertiary/aromatic N) is 4. The van der Waals surface area contributed by atoms with Gasteiger partial charge in [-0.1, -0.05) is 6.07 Å². The molecule has 5 heteroatoms. The van der Waals surface area contributed by atoms with Crippen LogP contribution in [0.4, 0.5) is 0 Å². The Morgan fingerprint density at radius 2 is 2.16 bits per heavy atom. The summed E-state index contributed by atoms with van der Waals surface area (Å²) in [5.74, 6) is 0.453. The summed E-state index contributed by atoms with van der Waals surface area (Å²) < 4.78 is 8.00. The summed E-state index contributed by atoms with van der Waals surface area (Å²) in [6.45, 7) is 6.53. The van der Waals surface area contributed by atoms with Crippen LogP contribution in [0, 0.1) is 12.8 Å². The van der Waals surface area contributed by atoms with Gasteiger partial charge in [-0.2, -0.15) is 0 Å². The molecule has 1 fully saturated rings. The number of ether oxygens (including phenoxy) is 1. The normalized spacial score (nSPS) is 19.2. The van der Waals surface area contributed by atoms with E-state index in [0.29, 0.717) is 5.92 Å². The van der Waals surface area contributed by atoms with Crippen LogP contribution in [0.2, 0.25) is 0 Å². The van der Waals surface area contributed by atoms with Crippen molar-refractivity contribution in [1.29, 1.82) is 0 Å². The third-order valence-corrected chi connectivity index (χ3v) is 4.81. The van der Waals surface area contributed by atoms with E-state index in [4.69, 9.17) is 4.74 Å². The molecule has 1 aliphatic heterocycles. The van der Waals surface area contributed by atoms with Crippen molar-refractivity contribution in [3.63, 3.8) is 0 Å². The number of aromatic nitrogens is 3. The fourth-order valence-electron chi connectivity index (χ4n) is 3.53. The molecule has 0 radical (unpaired) electrons. The number of hydrogen-bond acceptors (Lipinski definition) is 4. The third kappa shape index (κ3) is 3.89. The first-order chi connectivity index (χ1) is 12.3. The van der Waals surface area contributed by atoms with Gasteiger partial charge in [0.05, 0.1) is 24.4 Å². The van der Waals surface area contributed by atoms with Crippen molar-refractivity contribution in [2.75, 3.05) is 26.3 Å². The summed E-state index contributed by atoms with van der Waals surface area (Å²) in [5.41, 5.74) is 4.67. The lowest BCUT2D eigenvalue weighted by Crippen LogP contribution is -2.30. The summed E-state index contributed by atoms with van der Waals surface area (Å²) in [4.78, 5) is 11.5. The second-order valence-corrected chi connectivity index (χ2v) is 6.86. The van der Waals surface area contributed by atoms with Gasteiger partial charge in [0.25, 0.3) is 0 Å². The van der Waals surface area contributed by atoms with E-state index in [1.807, 2.05) is 25.5 Å². The number of hydrogen-bond donors (Lipinski definition) is 0. The van der Waals surface area contributed by atoms with Crippen LogP contribution in [0.15, 0.2) is 49.1 Å². The average Bonchev–Trinajstić information content (AvgIpc) is 3.00. The number of rotatable bonds is 4. The molecule has 3 aromatic rings. The summed E-state index contributed by atoms with van der Waals surface area (Å²) in [6.07, 6.45) is 8.88. The minimum Gasteiger partial charge on any atom is -0.380 e. The monoisotopic (exact) mass is 336 g/mol. The molecule has 1 unspecified atom stereocenters. The Morgan fingerprint density at radius 3 is 3.04 bits per heavy atom. The second kappa shape index (κ2) is 7.33. The van der Waals surface area contributed by atoms with Crippen LogP contribution in [0.1, 0.15) is 17.0 Å². The summed E-state index contributed by atoms with van der Waals surface area (Å²) in [7, 11) is 0. The van der Waals surface area contributed by atoms with Gasteiger partial charge in [-0.25, -0.2) is 0 Å². The molecule has 1 atom stereocenters. The van der Waals surface area contributed by atoms with Crippen molar-refractivity contribution in [3.8, 4) is 0 Å². The van der Waals surface area contributed by atoms with E-state index < -0.39 is 0 Å². The molecule has 0 spiro atoms. The molecule has 5 nitrogen and oxygen atoms in total. The Balaban J connectivity index is 1.46. The largest absolute Gasteiger partial charge is 0.380 e. The van der Waals surface area contributed by atoms with E-state index >= 15 is 0 Å². The first-order valence-corrected chi connectivity index (χ1v) is 8.90. The molecule has 4 rings (SSSR count). The second-order valence-electron chi connectivity index (χ2n) is 6.86. The molecule has 4 heterocycles. The Morgan fingerprint density at radius 1 is 1.20 bits per heavy atom. The van der Waals surface area contributed by atoms with Crippen molar-refractivity contribution in [2.45, 2.75) is 19.9 Å². The van der Waals surface area contributed by atoms with E-state index in [0.717, 1.165) is 50.7 Å². The minimum atomic E-state index is 0.453. The van der Waals surface area contributed by atoms with Crippen LogP contribution in [0.5, 0.6) is 0 Å². The molecule has 0 aromatic carbocycles. The molecule has 0 bridgehead atoms. The van der Waals surface area contributed by atoms with Crippen molar-refractivity contribution in [2.24, 2.45) is 5.92 Å². The van der Waals surface area contributed by atoms with Crippen LogP contribution in [0.3, 0.4) is 0 Å². The molecule has 0 saturated carbocycles. The molecular formula is C20H24N4O. The standard InChI is InChI=1S/C20H24N4O/c1-16-4-5-17(12-22-16)13-23-9-10-25-15-18(14-23)11-19-20-3-2-7-24(20)8-6-21-19/h2-8,12,18H,9-11,13-15H2,1H3. The van der Waals surface area contributed by atoms with Gasteiger partial charge >= 0.3 is 0 Å². The first-order valence-electron chi connectivity index (χ1n) is 8.90. The van der Waals surface area contributed by atoms with Crippen molar-refractivity contribution in [3.05, 3.63) is 66.0 Å². The molecule has 1 saturated heterocycles. The van der Waals surface area contributed by atoms with Crippen LogP contribution in [0.25, 0.3) is 5.52 Å². The zero-order chi connectivity index (χ0) is 17.1. The Bertz CT molecular complexity index is 827. The van der Waals surface area contributed by atoms with Crippen LogP contribution in [-0.4, -0.2) is 45.6 Å². The lowest BCUT2D eigenvalue weighted by atomic mass is 10.0. The minimum absolute atomic E-state index is 0.453. The van der Waals surface area contributed by atoms with E-state index in [9.17, 15) is 0 Å². The van der Waals surface area contributed by atoms with Crippen molar-refractivity contribution in [1.82, 2.24) is 19.3 Å². The molecule has 0 N–H and O–H groups in total.